The van der Waals surface area contributed by atoms with Crippen molar-refractivity contribution in [2.45, 2.75) is 52.5 Å². The van der Waals surface area contributed by atoms with E-state index in [0.29, 0.717) is 35.1 Å². The third-order valence-electron chi connectivity index (χ3n) is 6.96. The quantitative estimate of drug-likeness (QED) is 0.395. The summed E-state index contributed by atoms with van der Waals surface area (Å²) in [6.07, 6.45) is 2.80. The van der Waals surface area contributed by atoms with Gasteiger partial charge in [0.2, 0.25) is 0 Å². The highest BCUT2D eigenvalue weighted by Crippen LogP contribution is 2.44. The van der Waals surface area contributed by atoms with E-state index in [0.717, 1.165) is 23.3 Å². The van der Waals surface area contributed by atoms with Crippen molar-refractivity contribution in [3.05, 3.63) is 50.4 Å². The Morgan fingerprint density at radius 1 is 1.19 bits per heavy atom. The molecule has 0 bridgehead atoms. The Kier molecular flexibility index (Phi) is 7.61. The smallest absolute Gasteiger partial charge is 0.269 e. The molecule has 10 nitrogen and oxygen atoms in total. The van der Waals surface area contributed by atoms with Gasteiger partial charge < -0.3 is 15.4 Å². The minimum atomic E-state index is -3.16. The van der Waals surface area contributed by atoms with Gasteiger partial charge in [-0.1, -0.05) is 20.8 Å². The molecule has 12 heteroatoms. The first-order valence-electron chi connectivity index (χ1n) is 12.2. The predicted octanol–water partition coefficient (Wildman–Crippen LogP) is 3.74. The lowest BCUT2D eigenvalue weighted by Crippen LogP contribution is -2.36. The second kappa shape index (κ2) is 10.4. The number of non-ortho nitro benzene ring substituents is 1. The highest BCUT2D eigenvalue weighted by atomic mass is 32.2. The maximum absolute atomic E-state index is 13.4. The van der Waals surface area contributed by atoms with Crippen LogP contribution < -0.4 is 15.4 Å². The van der Waals surface area contributed by atoms with Gasteiger partial charge in [-0.25, -0.2) is 8.42 Å². The number of thiophene rings is 1. The summed E-state index contributed by atoms with van der Waals surface area (Å²) in [6.45, 7) is 6.25. The summed E-state index contributed by atoms with van der Waals surface area (Å²) in [6, 6.07) is 4.95. The van der Waals surface area contributed by atoms with Crippen molar-refractivity contribution in [3.63, 3.8) is 0 Å². The molecule has 0 spiro atoms. The van der Waals surface area contributed by atoms with Crippen molar-refractivity contribution < 1.29 is 27.7 Å². The SMILES string of the molecule is CC(C)(C)C1CCc2c(sc(NC(=O)COc3ccc([N+](=O)[O-])cc3)c2C(=O)NC2CCS(=O)(=O)C2)C1. The molecule has 1 aliphatic heterocycles. The molecule has 200 valence electrons. The van der Waals surface area contributed by atoms with Crippen LogP contribution in [0.4, 0.5) is 10.7 Å². The summed E-state index contributed by atoms with van der Waals surface area (Å²) in [4.78, 5) is 37.5. The fourth-order valence-electron chi connectivity index (χ4n) is 4.80. The van der Waals surface area contributed by atoms with Gasteiger partial charge in [0.15, 0.2) is 16.4 Å². The molecule has 2 heterocycles. The van der Waals surface area contributed by atoms with Crippen LogP contribution in [0.1, 0.15) is 54.4 Å². The van der Waals surface area contributed by atoms with Crippen molar-refractivity contribution in [2.24, 2.45) is 11.3 Å². The average molecular weight is 550 g/mol. The number of fused-ring (bicyclic) bond motifs is 1. The summed E-state index contributed by atoms with van der Waals surface area (Å²) < 4.78 is 29.2. The number of benzene rings is 1. The van der Waals surface area contributed by atoms with Crippen LogP contribution in [0, 0.1) is 21.4 Å². The number of amides is 2. The van der Waals surface area contributed by atoms with Gasteiger partial charge in [-0.05, 0) is 54.7 Å². The van der Waals surface area contributed by atoms with E-state index in [1.165, 1.54) is 35.6 Å². The molecule has 2 aromatic rings. The van der Waals surface area contributed by atoms with E-state index in [-0.39, 0.29) is 35.1 Å². The number of rotatable bonds is 7. The van der Waals surface area contributed by atoms with E-state index in [1.54, 1.807) is 0 Å². The zero-order valence-electron chi connectivity index (χ0n) is 21.0. The Hall–Kier alpha value is -2.99. The highest BCUT2D eigenvalue weighted by molar-refractivity contribution is 7.91. The van der Waals surface area contributed by atoms with Gasteiger partial charge in [0.25, 0.3) is 17.5 Å². The Balaban J connectivity index is 1.51. The molecule has 2 aliphatic rings. The number of carbonyl (C=O) groups excluding carboxylic acids is 2. The summed E-state index contributed by atoms with van der Waals surface area (Å²) in [5.74, 6) is -0.135. The van der Waals surface area contributed by atoms with Crippen LogP contribution >= 0.6 is 11.3 Å². The molecule has 1 aromatic carbocycles. The van der Waals surface area contributed by atoms with Crippen molar-refractivity contribution in [3.8, 4) is 5.75 Å². The van der Waals surface area contributed by atoms with E-state index in [4.69, 9.17) is 4.74 Å². The van der Waals surface area contributed by atoms with Gasteiger partial charge in [0.05, 0.1) is 22.0 Å². The lowest BCUT2D eigenvalue weighted by molar-refractivity contribution is -0.384. The van der Waals surface area contributed by atoms with Gasteiger partial charge in [-0.2, -0.15) is 0 Å². The Labute approximate surface area is 219 Å². The zero-order valence-corrected chi connectivity index (χ0v) is 22.7. The van der Waals surface area contributed by atoms with Crippen LogP contribution in [0.15, 0.2) is 24.3 Å². The molecule has 2 N–H and O–H groups in total. The second-order valence-corrected chi connectivity index (χ2v) is 14.0. The van der Waals surface area contributed by atoms with Gasteiger partial charge in [0.1, 0.15) is 10.8 Å². The first-order valence-corrected chi connectivity index (χ1v) is 14.8. The molecule has 2 amide bonds. The van der Waals surface area contributed by atoms with Crippen molar-refractivity contribution >= 4 is 43.7 Å². The van der Waals surface area contributed by atoms with E-state index < -0.39 is 26.7 Å². The fourth-order valence-corrected chi connectivity index (χ4v) is 7.81. The van der Waals surface area contributed by atoms with Gasteiger partial charge in [-0.15, -0.1) is 11.3 Å². The topological polar surface area (TPSA) is 145 Å². The Morgan fingerprint density at radius 2 is 1.89 bits per heavy atom. The number of sulfone groups is 1. The largest absolute Gasteiger partial charge is 0.484 e. The lowest BCUT2D eigenvalue weighted by atomic mass is 9.72. The summed E-state index contributed by atoms with van der Waals surface area (Å²) >= 11 is 1.38. The standard InChI is InChI=1S/C25H31N3O7S2/c1-25(2,3)15-4-9-19-20(12-15)36-24(22(19)23(30)26-16-10-11-37(33,34)14-16)27-21(29)13-35-18-7-5-17(6-8-18)28(31)32/h5-8,15-16H,4,9-14H2,1-3H3,(H,26,30)(H,27,29). The summed E-state index contributed by atoms with van der Waals surface area (Å²) in [7, 11) is -3.16. The minimum absolute atomic E-state index is 0.0521. The normalized spacial score (nSPS) is 20.6. The van der Waals surface area contributed by atoms with Crippen molar-refractivity contribution in [1.29, 1.82) is 0 Å². The molecule has 1 fully saturated rings. The van der Waals surface area contributed by atoms with Gasteiger partial charge in [0, 0.05) is 23.1 Å². The van der Waals surface area contributed by atoms with Crippen molar-refractivity contribution in [1.82, 2.24) is 5.32 Å². The maximum Gasteiger partial charge on any atom is 0.269 e. The van der Waals surface area contributed by atoms with Crippen LogP contribution in [0.2, 0.25) is 0 Å². The molecule has 0 radical (unpaired) electrons. The Morgan fingerprint density at radius 3 is 2.49 bits per heavy atom. The lowest BCUT2D eigenvalue weighted by Gasteiger charge is -2.33. The van der Waals surface area contributed by atoms with E-state index in [9.17, 15) is 28.1 Å². The molecule has 37 heavy (non-hydrogen) atoms. The number of nitro benzene ring substituents is 1. The van der Waals surface area contributed by atoms with Gasteiger partial charge >= 0.3 is 0 Å². The van der Waals surface area contributed by atoms with Crippen LogP contribution in [-0.4, -0.2) is 49.3 Å². The number of hydrogen-bond acceptors (Lipinski definition) is 8. The van der Waals surface area contributed by atoms with Crippen LogP contribution in [-0.2, 0) is 27.5 Å². The average Bonchev–Trinajstić information content (AvgIpc) is 3.35. The summed E-state index contributed by atoms with van der Waals surface area (Å²) in [5.41, 5.74) is 1.33. The van der Waals surface area contributed by atoms with Crippen molar-refractivity contribution in [2.75, 3.05) is 23.4 Å². The van der Waals surface area contributed by atoms with E-state index >= 15 is 0 Å². The number of carbonyl (C=O) groups is 2. The fraction of sp³-hybridized carbons (Fsp3) is 0.520. The molecular formula is C25H31N3O7S2. The molecule has 4 rings (SSSR count). The van der Waals surface area contributed by atoms with E-state index in [2.05, 4.69) is 31.4 Å². The molecule has 2 atom stereocenters. The first kappa shape index (κ1) is 27.1. The third-order valence-corrected chi connectivity index (χ3v) is 9.89. The van der Waals surface area contributed by atoms with Crippen LogP contribution in [0.5, 0.6) is 5.75 Å². The monoisotopic (exact) mass is 549 g/mol. The predicted molar refractivity (Wildman–Crippen MR) is 141 cm³/mol. The minimum Gasteiger partial charge on any atom is -0.484 e. The molecule has 1 aliphatic carbocycles. The number of anilines is 1. The number of nitrogens with zero attached hydrogens (tertiary/aromatic N) is 1. The van der Waals surface area contributed by atoms with Crippen LogP contribution in [0.25, 0.3) is 0 Å². The van der Waals surface area contributed by atoms with Gasteiger partial charge in [-0.3, -0.25) is 19.7 Å². The number of nitro groups is 1. The third kappa shape index (κ3) is 6.48. The summed E-state index contributed by atoms with van der Waals surface area (Å²) in [5, 5.41) is 16.9. The first-order chi connectivity index (χ1) is 17.3. The second-order valence-electron chi connectivity index (χ2n) is 10.7. The molecule has 0 saturated carbocycles. The molecule has 1 aromatic heterocycles. The maximum atomic E-state index is 13.4. The number of ether oxygens (including phenoxy) is 1. The van der Waals surface area contributed by atoms with E-state index in [1.807, 2.05) is 0 Å². The number of nitrogens with one attached hydrogen (secondary N) is 2. The molecule has 2 unspecified atom stereocenters. The number of hydrogen-bond donors (Lipinski definition) is 2. The molecular weight excluding hydrogens is 518 g/mol. The van der Waals surface area contributed by atoms with Crippen LogP contribution in [0.3, 0.4) is 0 Å². The Bertz CT molecular complexity index is 1310. The molecule has 1 saturated heterocycles. The zero-order chi connectivity index (χ0) is 27.0. The highest BCUT2D eigenvalue weighted by Gasteiger charge is 2.36.